The number of nitrogens with one attached hydrogen (secondary N) is 1. The number of carbonyl (C=O) groups is 1. The van der Waals surface area contributed by atoms with Gasteiger partial charge in [0.05, 0.1) is 4.92 Å². The summed E-state index contributed by atoms with van der Waals surface area (Å²) in [6.07, 6.45) is 5.31. The summed E-state index contributed by atoms with van der Waals surface area (Å²) in [6.45, 7) is -0.0658. The Morgan fingerprint density at radius 1 is 1.43 bits per heavy atom. The number of aromatic nitrogens is 2. The fraction of sp³-hybridized carbons (Fsp3) is 0.333. The minimum atomic E-state index is -0.970. The number of aliphatic hydroxyl groups is 1. The predicted octanol–water partition coefficient (Wildman–Crippen LogP) is 1.80. The number of benzene rings is 1. The molecular formula is C15H16N4O4. The maximum atomic E-state index is 12.2. The van der Waals surface area contributed by atoms with Crippen molar-refractivity contribution in [3.8, 4) is 0 Å². The molecular weight excluding hydrogens is 300 g/mol. The molecule has 0 radical (unpaired) electrons. The Balaban J connectivity index is 1.74. The molecule has 2 N–H and O–H groups in total. The van der Waals surface area contributed by atoms with Crippen LogP contribution in [-0.2, 0) is 16.9 Å². The lowest BCUT2D eigenvalue weighted by molar-refractivity contribution is -0.383. The molecule has 8 heteroatoms. The zero-order valence-corrected chi connectivity index (χ0v) is 12.3. The molecule has 0 atom stereocenters. The van der Waals surface area contributed by atoms with Gasteiger partial charge in [0.2, 0.25) is 5.91 Å². The zero-order valence-electron chi connectivity index (χ0n) is 12.3. The number of amides is 1. The van der Waals surface area contributed by atoms with Gasteiger partial charge in [0.1, 0.15) is 23.7 Å². The average Bonchev–Trinajstić information content (AvgIpc) is 2.93. The fourth-order valence-electron chi connectivity index (χ4n) is 2.66. The van der Waals surface area contributed by atoms with Crippen molar-refractivity contribution in [1.29, 1.82) is 0 Å². The molecule has 1 aromatic carbocycles. The molecule has 0 saturated heterocycles. The highest BCUT2D eigenvalue weighted by molar-refractivity contribution is 5.92. The molecule has 3 rings (SSSR count). The summed E-state index contributed by atoms with van der Waals surface area (Å²) in [7, 11) is 0. The molecule has 23 heavy (non-hydrogen) atoms. The van der Waals surface area contributed by atoms with Crippen LogP contribution in [0.2, 0.25) is 0 Å². The molecule has 1 aliphatic carbocycles. The van der Waals surface area contributed by atoms with Crippen LogP contribution >= 0.6 is 0 Å². The van der Waals surface area contributed by atoms with Crippen molar-refractivity contribution in [2.75, 3.05) is 5.32 Å². The van der Waals surface area contributed by atoms with Gasteiger partial charge in [-0.3, -0.25) is 14.9 Å². The lowest BCUT2D eigenvalue weighted by Crippen LogP contribution is -2.37. The standard InChI is InChI=1S/C15H16N4O4/c20-13(17-11-4-1-2-5-12(11)19(22)23)10-18-9-8-16-14(18)15(21)6-3-7-15/h1-2,4-5,8-9,21H,3,6-7,10H2,(H,17,20). The van der Waals surface area contributed by atoms with Crippen molar-refractivity contribution < 1.29 is 14.8 Å². The van der Waals surface area contributed by atoms with Crippen LogP contribution in [0.15, 0.2) is 36.7 Å². The van der Waals surface area contributed by atoms with E-state index in [1.165, 1.54) is 24.4 Å². The lowest BCUT2D eigenvalue weighted by Gasteiger charge is -2.35. The topological polar surface area (TPSA) is 110 Å². The van der Waals surface area contributed by atoms with Crippen molar-refractivity contribution in [3.63, 3.8) is 0 Å². The van der Waals surface area contributed by atoms with E-state index in [1.807, 2.05) is 0 Å². The van der Waals surface area contributed by atoms with Gasteiger partial charge in [-0.1, -0.05) is 12.1 Å². The third kappa shape index (κ3) is 2.93. The largest absolute Gasteiger partial charge is 0.382 e. The van der Waals surface area contributed by atoms with Crippen LogP contribution in [0.3, 0.4) is 0 Å². The van der Waals surface area contributed by atoms with Gasteiger partial charge in [-0.05, 0) is 25.3 Å². The SMILES string of the molecule is O=C(Cn1ccnc1C1(O)CCC1)Nc1ccccc1[N+](=O)[O-]. The van der Waals surface area contributed by atoms with E-state index in [4.69, 9.17) is 0 Å². The van der Waals surface area contributed by atoms with Crippen LogP contribution < -0.4 is 5.32 Å². The fourth-order valence-corrected chi connectivity index (χ4v) is 2.66. The summed E-state index contributed by atoms with van der Waals surface area (Å²) in [6, 6.07) is 5.95. The van der Waals surface area contributed by atoms with Crippen LogP contribution in [-0.4, -0.2) is 25.5 Å². The van der Waals surface area contributed by atoms with Crippen molar-refractivity contribution >= 4 is 17.3 Å². The van der Waals surface area contributed by atoms with E-state index in [9.17, 15) is 20.0 Å². The number of nitro groups is 1. The normalized spacial score (nSPS) is 15.7. The highest BCUT2D eigenvalue weighted by Gasteiger charge is 2.40. The Bertz CT molecular complexity index is 751. The van der Waals surface area contributed by atoms with E-state index in [2.05, 4.69) is 10.3 Å². The average molecular weight is 316 g/mol. The Kier molecular flexibility index (Phi) is 3.83. The maximum absolute atomic E-state index is 12.2. The number of nitrogens with zero attached hydrogens (tertiary/aromatic N) is 3. The number of hydrogen-bond donors (Lipinski definition) is 2. The predicted molar refractivity (Wildman–Crippen MR) is 81.7 cm³/mol. The highest BCUT2D eigenvalue weighted by Crippen LogP contribution is 2.40. The van der Waals surface area contributed by atoms with Crippen LogP contribution in [0, 0.1) is 10.1 Å². The van der Waals surface area contributed by atoms with Crippen molar-refractivity contribution in [3.05, 3.63) is 52.6 Å². The van der Waals surface area contributed by atoms with Crippen LogP contribution in [0.5, 0.6) is 0 Å². The second-order valence-corrected chi connectivity index (χ2v) is 5.59. The summed E-state index contributed by atoms with van der Waals surface area (Å²) in [5, 5.41) is 23.9. The van der Waals surface area contributed by atoms with E-state index >= 15 is 0 Å². The Hall–Kier alpha value is -2.74. The second kappa shape index (κ2) is 5.81. The van der Waals surface area contributed by atoms with Gasteiger partial charge in [0.15, 0.2) is 0 Å². The Labute approximate surface area is 131 Å². The zero-order chi connectivity index (χ0) is 16.4. The van der Waals surface area contributed by atoms with Gasteiger partial charge < -0.3 is 15.0 Å². The molecule has 8 nitrogen and oxygen atoms in total. The molecule has 1 amide bonds. The van der Waals surface area contributed by atoms with Crippen molar-refractivity contribution in [2.45, 2.75) is 31.4 Å². The maximum Gasteiger partial charge on any atom is 0.292 e. The first-order valence-electron chi connectivity index (χ1n) is 7.27. The van der Waals surface area contributed by atoms with Gasteiger partial charge in [-0.15, -0.1) is 0 Å². The van der Waals surface area contributed by atoms with E-state index in [0.717, 1.165) is 6.42 Å². The molecule has 1 aromatic heterocycles. The van der Waals surface area contributed by atoms with Gasteiger partial charge in [-0.2, -0.15) is 0 Å². The van der Waals surface area contributed by atoms with E-state index in [0.29, 0.717) is 18.7 Å². The number of carbonyl (C=O) groups excluding carboxylic acids is 1. The summed E-state index contributed by atoms with van der Waals surface area (Å²) in [5.74, 6) is 0.0444. The Morgan fingerprint density at radius 2 is 2.17 bits per heavy atom. The number of rotatable bonds is 5. The summed E-state index contributed by atoms with van der Waals surface area (Å²) in [5.41, 5.74) is -0.987. The number of hydrogen-bond acceptors (Lipinski definition) is 5. The van der Waals surface area contributed by atoms with E-state index < -0.39 is 16.4 Å². The number of imidazole rings is 1. The lowest BCUT2D eigenvalue weighted by atomic mass is 9.79. The highest BCUT2D eigenvalue weighted by atomic mass is 16.6. The molecule has 0 unspecified atom stereocenters. The summed E-state index contributed by atoms with van der Waals surface area (Å²) >= 11 is 0. The summed E-state index contributed by atoms with van der Waals surface area (Å²) in [4.78, 5) is 26.7. The summed E-state index contributed by atoms with van der Waals surface area (Å²) < 4.78 is 1.57. The monoisotopic (exact) mass is 316 g/mol. The first-order chi connectivity index (χ1) is 11.0. The van der Waals surface area contributed by atoms with Crippen LogP contribution in [0.4, 0.5) is 11.4 Å². The molecule has 0 aliphatic heterocycles. The molecule has 1 fully saturated rings. The van der Waals surface area contributed by atoms with Crippen LogP contribution in [0.25, 0.3) is 0 Å². The third-order valence-electron chi connectivity index (χ3n) is 4.00. The molecule has 0 bridgehead atoms. The van der Waals surface area contributed by atoms with Crippen molar-refractivity contribution in [2.24, 2.45) is 0 Å². The van der Waals surface area contributed by atoms with Crippen molar-refractivity contribution in [1.82, 2.24) is 9.55 Å². The van der Waals surface area contributed by atoms with Crippen LogP contribution in [0.1, 0.15) is 25.1 Å². The molecule has 1 aliphatic rings. The molecule has 2 aromatic rings. The van der Waals surface area contributed by atoms with E-state index in [-0.39, 0.29) is 17.9 Å². The molecule has 0 spiro atoms. The number of anilines is 1. The van der Waals surface area contributed by atoms with Gasteiger partial charge >= 0.3 is 0 Å². The molecule has 120 valence electrons. The first-order valence-corrected chi connectivity index (χ1v) is 7.27. The second-order valence-electron chi connectivity index (χ2n) is 5.59. The smallest absolute Gasteiger partial charge is 0.292 e. The number of nitro benzene ring substituents is 1. The first kappa shape index (κ1) is 15.2. The third-order valence-corrected chi connectivity index (χ3v) is 4.00. The number of para-hydroxylation sites is 2. The minimum absolute atomic E-state index is 0.0658. The van der Waals surface area contributed by atoms with Gasteiger partial charge in [0, 0.05) is 18.5 Å². The molecule has 1 heterocycles. The molecule has 1 saturated carbocycles. The van der Waals surface area contributed by atoms with Gasteiger partial charge in [-0.25, -0.2) is 4.98 Å². The minimum Gasteiger partial charge on any atom is -0.382 e. The van der Waals surface area contributed by atoms with E-state index in [1.54, 1.807) is 16.8 Å². The van der Waals surface area contributed by atoms with Gasteiger partial charge in [0.25, 0.3) is 5.69 Å². The Morgan fingerprint density at radius 3 is 2.83 bits per heavy atom. The quantitative estimate of drug-likeness (QED) is 0.645.